The lowest BCUT2D eigenvalue weighted by Crippen LogP contribution is -2.58. The van der Waals surface area contributed by atoms with Gasteiger partial charge in [-0.3, -0.25) is 0 Å². The lowest BCUT2D eigenvalue weighted by Gasteiger charge is -2.44. The highest BCUT2D eigenvalue weighted by Crippen LogP contribution is 2.35. The number of urea groups is 1. The standard InChI is InChI=1S/C27H27FN2O/c1-3-17-27(24-7-5-4-6-8-24)18-19-30(26(31)29-27)20(2)21-9-11-22(12-10-21)23-13-15-25(28)16-14-23/h3-16,20H,1,17-19H2,2H3,(H,29,31)/t20-,27?/m0/s1. The Morgan fingerprint density at radius 2 is 1.65 bits per heavy atom. The highest BCUT2D eigenvalue weighted by Gasteiger charge is 2.40. The molecule has 0 aliphatic carbocycles. The molecule has 1 unspecified atom stereocenters. The molecule has 4 heteroatoms. The van der Waals surface area contributed by atoms with Gasteiger partial charge in [0.25, 0.3) is 0 Å². The second kappa shape index (κ2) is 8.76. The van der Waals surface area contributed by atoms with Crippen LogP contribution in [0.5, 0.6) is 0 Å². The maximum Gasteiger partial charge on any atom is 0.318 e. The summed E-state index contributed by atoms with van der Waals surface area (Å²) in [4.78, 5) is 15.0. The van der Waals surface area contributed by atoms with Crippen LogP contribution in [0.2, 0.25) is 0 Å². The molecule has 1 fully saturated rings. The molecule has 0 saturated carbocycles. The summed E-state index contributed by atoms with van der Waals surface area (Å²) in [6, 6.07) is 24.6. The third kappa shape index (κ3) is 4.24. The minimum absolute atomic E-state index is 0.0558. The summed E-state index contributed by atoms with van der Waals surface area (Å²) in [5.74, 6) is -0.242. The van der Waals surface area contributed by atoms with Crippen LogP contribution in [0.3, 0.4) is 0 Å². The predicted octanol–water partition coefficient (Wildman–Crippen LogP) is 6.44. The van der Waals surface area contributed by atoms with Gasteiger partial charge in [-0.25, -0.2) is 9.18 Å². The zero-order valence-corrected chi connectivity index (χ0v) is 17.7. The van der Waals surface area contributed by atoms with Crippen molar-refractivity contribution in [3.63, 3.8) is 0 Å². The number of hydrogen-bond donors (Lipinski definition) is 1. The second-order valence-electron chi connectivity index (χ2n) is 8.12. The summed E-state index contributed by atoms with van der Waals surface area (Å²) in [6.07, 6.45) is 3.38. The molecule has 0 spiro atoms. The van der Waals surface area contributed by atoms with E-state index in [-0.39, 0.29) is 17.9 Å². The zero-order valence-electron chi connectivity index (χ0n) is 17.7. The first kappa shape index (κ1) is 20.9. The fourth-order valence-corrected chi connectivity index (χ4v) is 4.39. The Labute approximate surface area is 183 Å². The van der Waals surface area contributed by atoms with Crippen molar-refractivity contribution in [1.82, 2.24) is 10.2 Å². The third-order valence-corrected chi connectivity index (χ3v) is 6.24. The van der Waals surface area contributed by atoms with Crippen LogP contribution in [0.4, 0.5) is 9.18 Å². The van der Waals surface area contributed by atoms with Crippen LogP contribution in [0.25, 0.3) is 11.1 Å². The molecule has 3 aromatic carbocycles. The first-order valence-electron chi connectivity index (χ1n) is 10.6. The van der Waals surface area contributed by atoms with Gasteiger partial charge in [0.05, 0.1) is 11.6 Å². The minimum atomic E-state index is -0.414. The van der Waals surface area contributed by atoms with Crippen molar-refractivity contribution >= 4 is 6.03 Å². The molecule has 0 aromatic heterocycles. The number of nitrogens with zero attached hydrogens (tertiary/aromatic N) is 1. The average Bonchev–Trinajstić information content (AvgIpc) is 2.80. The van der Waals surface area contributed by atoms with Crippen molar-refractivity contribution in [2.45, 2.75) is 31.3 Å². The van der Waals surface area contributed by atoms with E-state index in [9.17, 15) is 9.18 Å². The van der Waals surface area contributed by atoms with Crippen molar-refractivity contribution in [1.29, 1.82) is 0 Å². The number of amides is 2. The quantitative estimate of drug-likeness (QED) is 0.463. The van der Waals surface area contributed by atoms with E-state index >= 15 is 0 Å². The van der Waals surface area contributed by atoms with Gasteiger partial charge in [0.1, 0.15) is 5.82 Å². The van der Waals surface area contributed by atoms with E-state index in [0.717, 1.165) is 28.7 Å². The molecule has 4 rings (SSSR count). The van der Waals surface area contributed by atoms with E-state index in [1.807, 2.05) is 53.4 Å². The molecule has 31 heavy (non-hydrogen) atoms. The first-order valence-corrected chi connectivity index (χ1v) is 10.6. The molecule has 2 amide bonds. The Balaban J connectivity index is 1.51. The van der Waals surface area contributed by atoms with Crippen LogP contribution in [-0.2, 0) is 5.54 Å². The van der Waals surface area contributed by atoms with Crippen molar-refractivity contribution in [2.24, 2.45) is 0 Å². The summed E-state index contributed by atoms with van der Waals surface area (Å²) in [6.45, 7) is 6.62. The van der Waals surface area contributed by atoms with Crippen LogP contribution < -0.4 is 5.32 Å². The van der Waals surface area contributed by atoms with Gasteiger partial charge in [0.2, 0.25) is 0 Å². The molecule has 1 aliphatic rings. The molecule has 1 saturated heterocycles. The Morgan fingerprint density at radius 3 is 2.23 bits per heavy atom. The highest BCUT2D eigenvalue weighted by atomic mass is 19.1. The molecular formula is C27H27FN2O. The van der Waals surface area contributed by atoms with Gasteiger partial charge in [-0.15, -0.1) is 6.58 Å². The predicted molar refractivity (Wildman–Crippen MR) is 123 cm³/mol. The summed E-state index contributed by atoms with van der Waals surface area (Å²) >= 11 is 0. The summed E-state index contributed by atoms with van der Waals surface area (Å²) in [5.41, 5.74) is 3.75. The second-order valence-corrected chi connectivity index (χ2v) is 8.12. The lowest BCUT2D eigenvalue weighted by atomic mass is 9.82. The van der Waals surface area contributed by atoms with E-state index in [1.165, 1.54) is 12.1 Å². The Kier molecular flexibility index (Phi) is 5.90. The van der Waals surface area contributed by atoms with Crippen LogP contribution in [0.1, 0.15) is 36.9 Å². The van der Waals surface area contributed by atoms with Gasteiger partial charge in [0.15, 0.2) is 0 Å². The van der Waals surface area contributed by atoms with E-state index < -0.39 is 5.54 Å². The summed E-state index contributed by atoms with van der Waals surface area (Å²) in [5, 5.41) is 3.27. The average molecular weight is 415 g/mol. The zero-order chi connectivity index (χ0) is 21.8. The van der Waals surface area contributed by atoms with Crippen molar-refractivity contribution < 1.29 is 9.18 Å². The Bertz CT molecular complexity index is 1050. The van der Waals surface area contributed by atoms with Gasteiger partial charge in [0, 0.05) is 6.54 Å². The van der Waals surface area contributed by atoms with Crippen LogP contribution in [0, 0.1) is 5.82 Å². The van der Waals surface area contributed by atoms with Crippen molar-refractivity contribution in [3.8, 4) is 11.1 Å². The maximum absolute atomic E-state index is 13.2. The molecule has 0 radical (unpaired) electrons. The third-order valence-electron chi connectivity index (χ3n) is 6.24. The molecule has 1 N–H and O–H groups in total. The fourth-order valence-electron chi connectivity index (χ4n) is 4.39. The molecule has 158 valence electrons. The Hall–Kier alpha value is -3.40. The molecule has 2 atom stereocenters. The number of hydrogen-bond acceptors (Lipinski definition) is 1. The smallest absolute Gasteiger partial charge is 0.318 e. The van der Waals surface area contributed by atoms with Gasteiger partial charge < -0.3 is 10.2 Å². The van der Waals surface area contributed by atoms with Gasteiger partial charge >= 0.3 is 6.03 Å². The molecule has 1 heterocycles. The fraction of sp³-hybridized carbons (Fsp3) is 0.222. The number of carbonyl (C=O) groups is 1. The van der Waals surface area contributed by atoms with Crippen molar-refractivity contribution in [2.75, 3.05) is 6.54 Å². The number of carbonyl (C=O) groups excluding carboxylic acids is 1. The van der Waals surface area contributed by atoms with E-state index in [0.29, 0.717) is 13.0 Å². The lowest BCUT2D eigenvalue weighted by molar-refractivity contribution is 0.126. The van der Waals surface area contributed by atoms with Gasteiger partial charge in [-0.1, -0.05) is 72.8 Å². The maximum atomic E-state index is 13.2. The first-order chi connectivity index (χ1) is 15.0. The van der Waals surface area contributed by atoms with E-state index in [2.05, 4.69) is 31.0 Å². The SMILES string of the molecule is C=CCC1(c2ccccc2)CCN([C@@H](C)c2ccc(-c3ccc(F)cc3)cc2)C(=O)N1. The molecule has 0 bridgehead atoms. The Morgan fingerprint density at radius 1 is 1.03 bits per heavy atom. The topological polar surface area (TPSA) is 32.3 Å². The van der Waals surface area contributed by atoms with Crippen molar-refractivity contribution in [3.05, 3.63) is 108 Å². The number of benzene rings is 3. The monoisotopic (exact) mass is 414 g/mol. The normalized spacial score (nSPS) is 19.5. The summed E-state index contributed by atoms with van der Waals surface area (Å²) < 4.78 is 13.2. The largest absolute Gasteiger partial charge is 0.328 e. The van der Waals surface area contributed by atoms with E-state index in [4.69, 9.17) is 0 Å². The molecule has 3 aromatic rings. The van der Waals surface area contributed by atoms with E-state index in [1.54, 1.807) is 12.1 Å². The van der Waals surface area contributed by atoms with Crippen LogP contribution >= 0.6 is 0 Å². The highest BCUT2D eigenvalue weighted by molar-refractivity contribution is 5.77. The number of halogens is 1. The number of rotatable bonds is 6. The molecule has 1 aliphatic heterocycles. The summed E-state index contributed by atoms with van der Waals surface area (Å²) in [7, 11) is 0. The minimum Gasteiger partial charge on any atom is -0.328 e. The number of nitrogens with one attached hydrogen (secondary N) is 1. The van der Waals surface area contributed by atoms with Crippen LogP contribution in [0.15, 0.2) is 91.5 Å². The van der Waals surface area contributed by atoms with Gasteiger partial charge in [-0.05, 0) is 54.2 Å². The van der Waals surface area contributed by atoms with Gasteiger partial charge in [-0.2, -0.15) is 0 Å². The molecule has 3 nitrogen and oxygen atoms in total. The molecular weight excluding hydrogens is 387 g/mol. The van der Waals surface area contributed by atoms with Crippen LogP contribution in [-0.4, -0.2) is 17.5 Å².